The molecule has 0 unspecified atom stereocenters. The van der Waals surface area contributed by atoms with E-state index >= 15 is 0 Å². The van der Waals surface area contributed by atoms with Crippen LogP contribution >= 0.6 is 11.6 Å². The van der Waals surface area contributed by atoms with Crippen LogP contribution in [0.1, 0.15) is 21.5 Å². The second-order valence-corrected chi connectivity index (χ2v) is 4.69. The van der Waals surface area contributed by atoms with Gasteiger partial charge in [0.1, 0.15) is 0 Å². The van der Waals surface area contributed by atoms with E-state index < -0.39 is 5.97 Å². The Morgan fingerprint density at radius 2 is 2.00 bits per heavy atom. The number of aromatic carboxylic acids is 1. The molecule has 0 radical (unpaired) electrons. The number of anilines is 1. The van der Waals surface area contributed by atoms with Gasteiger partial charge >= 0.3 is 5.97 Å². The number of hydrogen-bond donors (Lipinski definition) is 2. The SMILES string of the molecule is Cc1ccccc1CNc1ccc(C(=O)O)c(Cl)c1. The molecule has 0 atom stereocenters. The highest BCUT2D eigenvalue weighted by atomic mass is 35.5. The van der Waals surface area contributed by atoms with E-state index in [2.05, 4.69) is 24.4 Å². The minimum absolute atomic E-state index is 0.114. The molecule has 0 fully saturated rings. The van der Waals surface area contributed by atoms with Crippen LogP contribution in [0.3, 0.4) is 0 Å². The number of rotatable bonds is 4. The van der Waals surface area contributed by atoms with Gasteiger partial charge in [0.25, 0.3) is 0 Å². The Bertz CT molecular complexity index is 611. The first kappa shape index (κ1) is 13.4. The molecule has 2 N–H and O–H groups in total. The minimum Gasteiger partial charge on any atom is -0.478 e. The molecule has 0 saturated carbocycles. The van der Waals surface area contributed by atoms with Gasteiger partial charge in [-0.1, -0.05) is 35.9 Å². The topological polar surface area (TPSA) is 49.3 Å². The summed E-state index contributed by atoms with van der Waals surface area (Å²) in [5.74, 6) is -1.02. The zero-order chi connectivity index (χ0) is 13.8. The zero-order valence-electron chi connectivity index (χ0n) is 10.5. The second-order valence-electron chi connectivity index (χ2n) is 4.28. The van der Waals surface area contributed by atoms with Crippen LogP contribution in [0.5, 0.6) is 0 Å². The van der Waals surface area contributed by atoms with Crippen molar-refractivity contribution in [2.45, 2.75) is 13.5 Å². The molecule has 0 aliphatic heterocycles. The summed E-state index contributed by atoms with van der Waals surface area (Å²) >= 11 is 5.92. The molecule has 2 aromatic carbocycles. The van der Waals surface area contributed by atoms with Gasteiger partial charge in [0.15, 0.2) is 0 Å². The molecule has 0 aliphatic carbocycles. The largest absolute Gasteiger partial charge is 0.478 e. The van der Waals surface area contributed by atoms with Crippen molar-refractivity contribution in [1.82, 2.24) is 0 Å². The Kier molecular flexibility index (Phi) is 4.07. The van der Waals surface area contributed by atoms with Crippen molar-refractivity contribution in [2.24, 2.45) is 0 Å². The monoisotopic (exact) mass is 275 g/mol. The number of carboxylic acid groups (broad SMARTS) is 1. The van der Waals surface area contributed by atoms with Crippen LogP contribution in [0, 0.1) is 6.92 Å². The molecule has 0 amide bonds. The number of benzene rings is 2. The third-order valence-corrected chi connectivity index (χ3v) is 3.26. The Morgan fingerprint density at radius 3 is 2.63 bits per heavy atom. The molecule has 2 aromatic rings. The lowest BCUT2D eigenvalue weighted by Crippen LogP contribution is -2.03. The van der Waals surface area contributed by atoms with Crippen molar-refractivity contribution in [2.75, 3.05) is 5.32 Å². The van der Waals surface area contributed by atoms with E-state index in [0.29, 0.717) is 6.54 Å². The van der Waals surface area contributed by atoms with Crippen LogP contribution in [-0.4, -0.2) is 11.1 Å². The number of halogens is 1. The summed E-state index contributed by atoms with van der Waals surface area (Å²) in [5.41, 5.74) is 3.32. The number of aryl methyl sites for hydroxylation is 1. The molecule has 98 valence electrons. The standard InChI is InChI=1S/C15H14ClNO2/c1-10-4-2-3-5-11(10)9-17-12-6-7-13(15(18)19)14(16)8-12/h2-8,17H,9H2,1H3,(H,18,19). The predicted molar refractivity (Wildman–Crippen MR) is 76.9 cm³/mol. The van der Waals surface area contributed by atoms with E-state index in [4.69, 9.17) is 16.7 Å². The van der Waals surface area contributed by atoms with E-state index in [-0.39, 0.29) is 10.6 Å². The molecular formula is C15H14ClNO2. The Hall–Kier alpha value is -2.00. The molecular weight excluding hydrogens is 262 g/mol. The first-order valence-electron chi connectivity index (χ1n) is 5.89. The number of nitrogens with one attached hydrogen (secondary N) is 1. The summed E-state index contributed by atoms with van der Waals surface area (Å²) in [7, 11) is 0. The van der Waals surface area contributed by atoms with Crippen molar-refractivity contribution < 1.29 is 9.90 Å². The lowest BCUT2D eigenvalue weighted by atomic mass is 10.1. The van der Waals surface area contributed by atoms with Gasteiger partial charge in [-0.25, -0.2) is 4.79 Å². The third-order valence-electron chi connectivity index (χ3n) is 2.94. The molecule has 4 heteroatoms. The smallest absolute Gasteiger partial charge is 0.337 e. The van der Waals surface area contributed by atoms with E-state index in [0.717, 1.165) is 5.69 Å². The minimum atomic E-state index is -1.02. The number of carbonyl (C=O) groups is 1. The summed E-state index contributed by atoms with van der Waals surface area (Å²) in [6.07, 6.45) is 0. The van der Waals surface area contributed by atoms with Crippen molar-refractivity contribution in [3.05, 3.63) is 64.2 Å². The van der Waals surface area contributed by atoms with Crippen molar-refractivity contribution in [3.8, 4) is 0 Å². The highest BCUT2D eigenvalue weighted by Crippen LogP contribution is 2.21. The van der Waals surface area contributed by atoms with Crippen LogP contribution < -0.4 is 5.32 Å². The van der Waals surface area contributed by atoms with Crippen LogP contribution in [-0.2, 0) is 6.54 Å². The second kappa shape index (κ2) is 5.76. The lowest BCUT2D eigenvalue weighted by molar-refractivity contribution is 0.0697. The Labute approximate surface area is 116 Å². The highest BCUT2D eigenvalue weighted by Gasteiger charge is 2.08. The maximum Gasteiger partial charge on any atom is 0.337 e. The van der Waals surface area contributed by atoms with Gasteiger partial charge in [0, 0.05) is 12.2 Å². The van der Waals surface area contributed by atoms with E-state index in [1.807, 2.05) is 12.1 Å². The van der Waals surface area contributed by atoms with Gasteiger partial charge in [-0.2, -0.15) is 0 Å². The molecule has 19 heavy (non-hydrogen) atoms. The fourth-order valence-corrected chi connectivity index (χ4v) is 2.07. The Balaban J connectivity index is 2.11. The molecule has 0 bridgehead atoms. The highest BCUT2D eigenvalue weighted by molar-refractivity contribution is 6.33. The third kappa shape index (κ3) is 3.26. The van der Waals surface area contributed by atoms with E-state index in [9.17, 15) is 4.79 Å². The van der Waals surface area contributed by atoms with E-state index in [1.54, 1.807) is 12.1 Å². The van der Waals surface area contributed by atoms with Crippen LogP contribution in [0.4, 0.5) is 5.69 Å². The lowest BCUT2D eigenvalue weighted by Gasteiger charge is -2.10. The molecule has 0 aliphatic rings. The summed E-state index contributed by atoms with van der Waals surface area (Å²) < 4.78 is 0. The summed E-state index contributed by atoms with van der Waals surface area (Å²) in [6, 6.07) is 12.9. The predicted octanol–water partition coefficient (Wildman–Crippen LogP) is 3.96. The van der Waals surface area contributed by atoms with Gasteiger partial charge in [0.05, 0.1) is 10.6 Å². The van der Waals surface area contributed by atoms with Crippen LogP contribution in [0.15, 0.2) is 42.5 Å². The Morgan fingerprint density at radius 1 is 1.26 bits per heavy atom. The van der Waals surface area contributed by atoms with E-state index in [1.165, 1.54) is 17.2 Å². The quantitative estimate of drug-likeness (QED) is 0.888. The fraction of sp³-hybridized carbons (Fsp3) is 0.133. The molecule has 0 heterocycles. The van der Waals surface area contributed by atoms with Crippen LogP contribution in [0.2, 0.25) is 5.02 Å². The maximum atomic E-state index is 10.9. The molecule has 3 nitrogen and oxygen atoms in total. The fourth-order valence-electron chi connectivity index (χ4n) is 1.80. The van der Waals surface area contributed by atoms with Gasteiger partial charge in [-0.15, -0.1) is 0 Å². The molecule has 0 aromatic heterocycles. The van der Waals surface area contributed by atoms with Gasteiger partial charge in [-0.05, 0) is 36.2 Å². The maximum absolute atomic E-state index is 10.9. The van der Waals surface area contributed by atoms with Crippen molar-refractivity contribution >= 4 is 23.3 Å². The first-order chi connectivity index (χ1) is 9.08. The van der Waals surface area contributed by atoms with Gasteiger partial charge in [0.2, 0.25) is 0 Å². The zero-order valence-corrected chi connectivity index (χ0v) is 11.2. The average Bonchev–Trinajstić information content (AvgIpc) is 2.37. The summed E-state index contributed by atoms with van der Waals surface area (Å²) in [5, 5.41) is 12.4. The van der Waals surface area contributed by atoms with Crippen molar-refractivity contribution in [3.63, 3.8) is 0 Å². The first-order valence-corrected chi connectivity index (χ1v) is 6.27. The van der Waals surface area contributed by atoms with Gasteiger partial charge in [-0.3, -0.25) is 0 Å². The van der Waals surface area contributed by atoms with Gasteiger partial charge < -0.3 is 10.4 Å². The average molecular weight is 276 g/mol. The molecule has 0 spiro atoms. The summed E-state index contributed by atoms with van der Waals surface area (Å²) in [6.45, 7) is 2.73. The molecule has 0 saturated heterocycles. The summed E-state index contributed by atoms with van der Waals surface area (Å²) in [4.78, 5) is 10.9. The normalized spacial score (nSPS) is 10.2. The van der Waals surface area contributed by atoms with Crippen molar-refractivity contribution in [1.29, 1.82) is 0 Å². The number of hydrogen-bond acceptors (Lipinski definition) is 2. The molecule has 2 rings (SSSR count). The number of carboxylic acids is 1. The van der Waals surface area contributed by atoms with Crippen LogP contribution in [0.25, 0.3) is 0 Å².